The Labute approximate surface area is 120 Å². The number of nitrogens with zero attached hydrogens (tertiary/aromatic N) is 2. The highest BCUT2D eigenvalue weighted by Crippen LogP contribution is 2.21. The molecule has 0 saturated carbocycles. The highest BCUT2D eigenvalue weighted by molar-refractivity contribution is 9.10. The molecule has 1 N–H and O–H groups in total. The van der Waals surface area contributed by atoms with Gasteiger partial charge in [-0.2, -0.15) is 5.10 Å². The Morgan fingerprint density at radius 2 is 2.33 bits per heavy atom. The summed E-state index contributed by atoms with van der Waals surface area (Å²) < 4.78 is 3.22. The van der Waals surface area contributed by atoms with Gasteiger partial charge in [0.25, 0.3) is 0 Å². The topological polar surface area (TPSA) is 29.9 Å². The van der Waals surface area contributed by atoms with Crippen LogP contribution in [0.2, 0.25) is 0 Å². The lowest BCUT2D eigenvalue weighted by atomic mass is 10.2. The summed E-state index contributed by atoms with van der Waals surface area (Å²) in [7, 11) is 0. The van der Waals surface area contributed by atoms with Gasteiger partial charge in [0.2, 0.25) is 0 Å². The second kappa shape index (κ2) is 6.50. The first-order chi connectivity index (χ1) is 8.70. The maximum Gasteiger partial charge on any atom is 0.0755 e. The number of aromatic nitrogens is 2. The van der Waals surface area contributed by atoms with Crippen LogP contribution in [0, 0.1) is 6.92 Å². The van der Waals surface area contributed by atoms with Gasteiger partial charge in [-0.05, 0) is 41.9 Å². The van der Waals surface area contributed by atoms with Crippen molar-refractivity contribution in [1.82, 2.24) is 15.1 Å². The molecule has 0 aliphatic rings. The predicted molar refractivity (Wildman–Crippen MR) is 80.1 cm³/mol. The molecule has 0 atom stereocenters. The van der Waals surface area contributed by atoms with Gasteiger partial charge in [0.1, 0.15) is 0 Å². The molecular weight excluding hydrogens is 310 g/mol. The molecule has 0 fully saturated rings. The first-order valence-electron chi connectivity index (χ1n) is 6.15. The summed E-state index contributed by atoms with van der Waals surface area (Å²) in [6.07, 6.45) is 3.14. The van der Waals surface area contributed by atoms with Crippen LogP contribution in [0.1, 0.15) is 29.5 Å². The second-order valence-electron chi connectivity index (χ2n) is 4.32. The average molecular weight is 328 g/mol. The van der Waals surface area contributed by atoms with Crippen molar-refractivity contribution in [2.45, 2.75) is 33.4 Å². The Balaban J connectivity index is 2.01. The van der Waals surface area contributed by atoms with Gasteiger partial charge in [0, 0.05) is 32.5 Å². The van der Waals surface area contributed by atoms with Crippen molar-refractivity contribution >= 4 is 27.3 Å². The van der Waals surface area contributed by atoms with Crippen molar-refractivity contribution in [3.63, 3.8) is 0 Å². The van der Waals surface area contributed by atoms with Crippen LogP contribution < -0.4 is 5.32 Å². The van der Waals surface area contributed by atoms with E-state index in [9.17, 15) is 0 Å². The maximum absolute atomic E-state index is 4.47. The Morgan fingerprint density at radius 3 is 3.00 bits per heavy atom. The average Bonchev–Trinajstić information content (AvgIpc) is 2.90. The quantitative estimate of drug-likeness (QED) is 0.822. The van der Waals surface area contributed by atoms with Crippen molar-refractivity contribution in [3.8, 4) is 0 Å². The monoisotopic (exact) mass is 327 g/mol. The fourth-order valence-corrected chi connectivity index (χ4v) is 3.23. The number of halogens is 1. The molecule has 18 heavy (non-hydrogen) atoms. The molecule has 2 aromatic heterocycles. The van der Waals surface area contributed by atoms with E-state index in [-0.39, 0.29) is 0 Å². The fourth-order valence-electron chi connectivity index (χ4n) is 1.80. The molecule has 98 valence electrons. The third-order valence-corrected chi connectivity index (χ3v) is 4.56. The molecule has 0 spiro atoms. The van der Waals surface area contributed by atoms with Crippen molar-refractivity contribution in [1.29, 1.82) is 0 Å². The molecule has 0 aliphatic carbocycles. The minimum absolute atomic E-state index is 0.857. The van der Waals surface area contributed by atoms with Gasteiger partial charge in [-0.1, -0.05) is 6.92 Å². The van der Waals surface area contributed by atoms with E-state index in [1.807, 2.05) is 6.20 Å². The van der Waals surface area contributed by atoms with Crippen LogP contribution in [0.3, 0.4) is 0 Å². The zero-order valence-corrected chi connectivity index (χ0v) is 13.1. The highest BCUT2D eigenvalue weighted by Gasteiger charge is 2.07. The van der Waals surface area contributed by atoms with Gasteiger partial charge in [0.05, 0.1) is 12.7 Å². The number of nitrogens with one attached hydrogen (secondary N) is 1. The summed E-state index contributed by atoms with van der Waals surface area (Å²) in [5, 5.41) is 9.99. The van der Waals surface area contributed by atoms with Crippen molar-refractivity contribution in [2.24, 2.45) is 0 Å². The molecule has 0 amide bonds. The molecule has 0 saturated heterocycles. The van der Waals surface area contributed by atoms with Crippen molar-refractivity contribution < 1.29 is 0 Å². The summed E-state index contributed by atoms with van der Waals surface area (Å²) in [5.74, 6) is 0. The zero-order valence-electron chi connectivity index (χ0n) is 10.7. The SMILES string of the molecule is CCCNCc1cnn(Cc2cc(Br)cs2)c1C. The first kappa shape index (κ1) is 13.8. The molecule has 0 aliphatic heterocycles. The second-order valence-corrected chi connectivity index (χ2v) is 6.23. The predicted octanol–water partition coefficient (Wildman–Crippen LogP) is 3.56. The molecule has 0 radical (unpaired) electrons. The molecule has 2 rings (SSSR count). The van der Waals surface area contributed by atoms with Crippen molar-refractivity contribution in [3.05, 3.63) is 38.3 Å². The van der Waals surface area contributed by atoms with Gasteiger partial charge in [-0.25, -0.2) is 0 Å². The summed E-state index contributed by atoms with van der Waals surface area (Å²) in [5.41, 5.74) is 2.54. The molecule has 2 aromatic rings. The van der Waals surface area contributed by atoms with Gasteiger partial charge in [0.15, 0.2) is 0 Å². The minimum atomic E-state index is 0.857. The lowest BCUT2D eigenvalue weighted by Gasteiger charge is -2.05. The van der Waals surface area contributed by atoms with E-state index in [2.05, 4.69) is 56.3 Å². The van der Waals surface area contributed by atoms with E-state index < -0.39 is 0 Å². The Bertz CT molecular complexity index is 504. The van der Waals surface area contributed by atoms with E-state index in [0.717, 1.165) is 30.5 Å². The minimum Gasteiger partial charge on any atom is -0.313 e. The van der Waals surface area contributed by atoms with E-state index in [0.29, 0.717) is 0 Å². The van der Waals surface area contributed by atoms with E-state index in [4.69, 9.17) is 0 Å². The molecule has 3 nitrogen and oxygen atoms in total. The van der Waals surface area contributed by atoms with E-state index >= 15 is 0 Å². The molecule has 0 unspecified atom stereocenters. The van der Waals surface area contributed by atoms with Crippen LogP contribution >= 0.6 is 27.3 Å². The Kier molecular flexibility index (Phi) is 4.97. The standard InChI is InChI=1S/C13H18BrN3S/c1-3-4-15-6-11-7-16-17(10(11)2)8-13-5-12(14)9-18-13/h5,7,9,15H,3-4,6,8H2,1-2H3. The van der Waals surface area contributed by atoms with Gasteiger partial charge in [-0.3, -0.25) is 4.68 Å². The number of hydrogen-bond acceptors (Lipinski definition) is 3. The van der Waals surface area contributed by atoms with Crippen LogP contribution in [0.15, 0.2) is 22.1 Å². The molecular formula is C13H18BrN3S. The van der Waals surface area contributed by atoms with Crippen LogP contribution in [-0.4, -0.2) is 16.3 Å². The third kappa shape index (κ3) is 3.43. The first-order valence-corrected chi connectivity index (χ1v) is 7.83. The Hall–Kier alpha value is -0.650. The van der Waals surface area contributed by atoms with Crippen molar-refractivity contribution in [2.75, 3.05) is 6.54 Å². The summed E-state index contributed by atoms with van der Waals surface area (Å²) >= 11 is 5.24. The molecule has 0 bridgehead atoms. The highest BCUT2D eigenvalue weighted by atomic mass is 79.9. The Morgan fingerprint density at radius 1 is 1.50 bits per heavy atom. The lowest BCUT2D eigenvalue weighted by molar-refractivity contribution is 0.655. The van der Waals surface area contributed by atoms with Gasteiger partial charge >= 0.3 is 0 Å². The smallest absolute Gasteiger partial charge is 0.0755 e. The number of hydrogen-bond donors (Lipinski definition) is 1. The fraction of sp³-hybridized carbons (Fsp3) is 0.462. The van der Waals surface area contributed by atoms with Crippen LogP contribution in [0.5, 0.6) is 0 Å². The lowest BCUT2D eigenvalue weighted by Crippen LogP contribution is -2.14. The van der Waals surface area contributed by atoms with E-state index in [1.165, 1.54) is 16.1 Å². The summed E-state index contributed by atoms with van der Waals surface area (Å²) in [4.78, 5) is 1.32. The molecule has 2 heterocycles. The van der Waals surface area contributed by atoms with Gasteiger partial charge in [-0.15, -0.1) is 11.3 Å². The number of thiophene rings is 1. The summed E-state index contributed by atoms with van der Waals surface area (Å²) in [6, 6.07) is 2.15. The van der Waals surface area contributed by atoms with Crippen LogP contribution in [0.25, 0.3) is 0 Å². The van der Waals surface area contributed by atoms with E-state index in [1.54, 1.807) is 11.3 Å². The summed E-state index contributed by atoms with van der Waals surface area (Å²) in [6.45, 7) is 7.14. The van der Waals surface area contributed by atoms with Crippen LogP contribution in [0.4, 0.5) is 0 Å². The maximum atomic E-state index is 4.47. The normalized spacial score (nSPS) is 11.1. The molecule has 0 aromatic carbocycles. The largest absolute Gasteiger partial charge is 0.313 e. The van der Waals surface area contributed by atoms with Crippen LogP contribution in [-0.2, 0) is 13.1 Å². The zero-order chi connectivity index (χ0) is 13.0. The molecule has 5 heteroatoms. The van der Waals surface area contributed by atoms with Gasteiger partial charge < -0.3 is 5.32 Å². The third-order valence-electron chi connectivity index (χ3n) is 2.87. The number of rotatable bonds is 6.